The Kier molecular flexibility index (Phi) is 9.46. The van der Waals surface area contributed by atoms with Crippen molar-refractivity contribution in [3.8, 4) is 23.0 Å². The number of rotatable bonds is 12. The molecule has 2 heterocycles. The number of halogens is 1. The van der Waals surface area contributed by atoms with Gasteiger partial charge in [-0.25, -0.2) is 0 Å². The second kappa shape index (κ2) is 13.0. The zero-order valence-corrected chi connectivity index (χ0v) is 23.9. The summed E-state index contributed by atoms with van der Waals surface area (Å²) >= 11 is 4.91. The first kappa shape index (κ1) is 27.7. The molecule has 11 heteroatoms. The number of methoxy groups -OCH3 is 1. The molecule has 9 nitrogen and oxygen atoms in total. The number of ether oxygens (including phenoxy) is 4. The molecule has 0 fully saturated rings. The number of carbonyl (C=O) groups excluding carboxylic acids is 1. The zero-order chi connectivity index (χ0) is 27.1. The highest BCUT2D eigenvalue weighted by Crippen LogP contribution is 2.38. The van der Waals surface area contributed by atoms with Gasteiger partial charge in [0.15, 0.2) is 28.8 Å². The molecule has 0 bridgehead atoms. The second-order valence-corrected chi connectivity index (χ2v) is 10.1. The largest absolute Gasteiger partial charge is 0.493 e. The fourth-order valence-corrected chi connectivity index (χ4v) is 5.24. The van der Waals surface area contributed by atoms with Crippen LogP contribution in [0.1, 0.15) is 38.7 Å². The minimum Gasteiger partial charge on any atom is -0.493 e. The first-order chi connectivity index (χ1) is 18.4. The van der Waals surface area contributed by atoms with E-state index in [-0.39, 0.29) is 18.0 Å². The number of carbonyl (C=O) groups is 1. The SMILES string of the molecule is CCCCC1=NN2C(=N)/C(=C\c3cc(Br)c(OCCOc4ccccc4OC)c(OCC)c3)C(=O)N=C2S1. The maximum Gasteiger partial charge on any atom is 0.283 e. The number of nitrogens with one attached hydrogen (secondary N) is 1. The Morgan fingerprint density at radius 1 is 1.08 bits per heavy atom. The molecule has 2 aromatic rings. The van der Waals surface area contributed by atoms with E-state index >= 15 is 0 Å². The molecule has 4 rings (SSSR count). The van der Waals surface area contributed by atoms with Crippen LogP contribution in [0.5, 0.6) is 23.0 Å². The molecule has 2 aliphatic heterocycles. The van der Waals surface area contributed by atoms with Crippen LogP contribution in [0, 0.1) is 5.41 Å². The Bertz CT molecular complexity index is 1310. The van der Waals surface area contributed by atoms with Gasteiger partial charge in [-0.1, -0.05) is 25.5 Å². The number of fused-ring (bicyclic) bond motifs is 1. The number of nitrogens with zero attached hydrogens (tertiary/aromatic N) is 3. The van der Waals surface area contributed by atoms with Crippen molar-refractivity contribution in [2.24, 2.45) is 10.1 Å². The van der Waals surface area contributed by atoms with Crippen molar-refractivity contribution in [2.45, 2.75) is 33.1 Å². The molecule has 0 spiro atoms. The number of unbranched alkanes of at least 4 members (excludes halogenated alkanes) is 1. The molecule has 0 saturated heterocycles. The Labute approximate surface area is 234 Å². The fraction of sp³-hybridized carbons (Fsp3) is 0.333. The van der Waals surface area contributed by atoms with E-state index in [0.29, 0.717) is 51.4 Å². The van der Waals surface area contributed by atoms with Crippen molar-refractivity contribution in [3.63, 3.8) is 0 Å². The number of hydrogen-bond acceptors (Lipinski definition) is 8. The lowest BCUT2D eigenvalue weighted by Crippen LogP contribution is -2.35. The summed E-state index contributed by atoms with van der Waals surface area (Å²) in [5.41, 5.74) is 0.815. The quantitative estimate of drug-likeness (QED) is 0.231. The van der Waals surface area contributed by atoms with E-state index in [4.69, 9.17) is 24.4 Å². The molecule has 2 aromatic carbocycles. The summed E-state index contributed by atoms with van der Waals surface area (Å²) in [6.07, 6.45) is 4.45. The van der Waals surface area contributed by atoms with Crippen LogP contribution in [0.2, 0.25) is 0 Å². The summed E-state index contributed by atoms with van der Waals surface area (Å²) in [5, 5.41) is 15.8. The van der Waals surface area contributed by atoms with Gasteiger partial charge in [-0.15, -0.1) is 0 Å². The standard InChI is InChI=1S/C27H29BrN4O5S/c1-4-6-11-23-31-32-25(29)18(26(33)30-27(32)38-23)14-17-15-19(28)24(22(16-17)35-5-2)37-13-12-36-21-10-8-7-9-20(21)34-3/h7-10,14-16,29H,4-6,11-13H2,1-3H3/b18-14+,29-25?. The number of thioether (sulfide) groups is 1. The van der Waals surface area contributed by atoms with Crippen molar-refractivity contribution < 1.29 is 23.7 Å². The number of hydrazone groups is 1. The van der Waals surface area contributed by atoms with Gasteiger partial charge >= 0.3 is 0 Å². The number of amides is 1. The number of benzene rings is 2. The van der Waals surface area contributed by atoms with E-state index < -0.39 is 5.91 Å². The van der Waals surface area contributed by atoms with Gasteiger partial charge < -0.3 is 18.9 Å². The Morgan fingerprint density at radius 2 is 1.84 bits per heavy atom. The molecular formula is C27H29BrN4O5S. The summed E-state index contributed by atoms with van der Waals surface area (Å²) in [6, 6.07) is 11.0. The molecule has 0 radical (unpaired) electrons. The highest BCUT2D eigenvalue weighted by atomic mass is 79.9. The molecule has 0 unspecified atom stereocenters. The van der Waals surface area contributed by atoms with Gasteiger partial charge in [0.05, 0.1) is 23.8 Å². The van der Waals surface area contributed by atoms with Crippen LogP contribution in [0.25, 0.3) is 6.08 Å². The van der Waals surface area contributed by atoms with Gasteiger partial charge in [-0.3, -0.25) is 10.2 Å². The molecule has 0 aliphatic carbocycles. The van der Waals surface area contributed by atoms with Gasteiger partial charge in [0.1, 0.15) is 18.3 Å². The molecule has 1 amide bonds. The normalized spacial score (nSPS) is 15.8. The third kappa shape index (κ3) is 6.39. The van der Waals surface area contributed by atoms with Crippen LogP contribution < -0.4 is 18.9 Å². The summed E-state index contributed by atoms with van der Waals surface area (Å²) in [5.74, 6) is 1.83. The topological polar surface area (TPSA) is 106 Å². The maximum absolute atomic E-state index is 12.8. The van der Waals surface area contributed by atoms with E-state index in [1.54, 1.807) is 25.3 Å². The van der Waals surface area contributed by atoms with Gasteiger partial charge in [-0.2, -0.15) is 15.1 Å². The average molecular weight is 602 g/mol. The lowest BCUT2D eigenvalue weighted by Gasteiger charge is -2.20. The molecule has 0 atom stereocenters. The smallest absolute Gasteiger partial charge is 0.283 e. The van der Waals surface area contributed by atoms with Crippen LogP contribution in [0.15, 0.2) is 56.5 Å². The summed E-state index contributed by atoms with van der Waals surface area (Å²) in [7, 11) is 1.59. The summed E-state index contributed by atoms with van der Waals surface area (Å²) in [6.45, 7) is 4.97. The third-order valence-electron chi connectivity index (χ3n) is 5.54. The Morgan fingerprint density at radius 3 is 2.58 bits per heavy atom. The maximum atomic E-state index is 12.8. The second-order valence-electron chi connectivity index (χ2n) is 8.23. The van der Waals surface area contributed by atoms with Gasteiger partial charge in [0.25, 0.3) is 5.91 Å². The van der Waals surface area contributed by atoms with E-state index in [1.165, 1.54) is 16.8 Å². The number of hydrogen-bond donors (Lipinski definition) is 1. The van der Waals surface area contributed by atoms with Gasteiger partial charge in [0.2, 0.25) is 5.17 Å². The van der Waals surface area contributed by atoms with Crippen LogP contribution in [0.3, 0.4) is 0 Å². The first-order valence-electron chi connectivity index (χ1n) is 12.3. The predicted octanol–water partition coefficient (Wildman–Crippen LogP) is 6.12. The lowest BCUT2D eigenvalue weighted by molar-refractivity contribution is -0.114. The molecule has 1 N–H and O–H groups in total. The minimum absolute atomic E-state index is 0.00176. The van der Waals surface area contributed by atoms with Crippen molar-refractivity contribution >= 4 is 55.7 Å². The van der Waals surface area contributed by atoms with Gasteiger partial charge in [0, 0.05) is 0 Å². The van der Waals surface area contributed by atoms with Crippen molar-refractivity contribution in [2.75, 3.05) is 26.9 Å². The first-order valence-corrected chi connectivity index (χ1v) is 13.9. The van der Waals surface area contributed by atoms with E-state index in [2.05, 4.69) is 32.9 Å². The predicted molar refractivity (Wildman–Crippen MR) is 154 cm³/mol. The van der Waals surface area contributed by atoms with Gasteiger partial charge in [-0.05, 0) is 83.4 Å². The van der Waals surface area contributed by atoms with Crippen molar-refractivity contribution in [1.29, 1.82) is 5.41 Å². The van der Waals surface area contributed by atoms with Crippen LogP contribution >= 0.6 is 27.7 Å². The Balaban J connectivity index is 1.50. The number of aliphatic imine (C=N–C) groups is 1. The highest BCUT2D eigenvalue weighted by Gasteiger charge is 2.35. The van der Waals surface area contributed by atoms with Crippen LogP contribution in [-0.4, -0.2) is 53.9 Å². The fourth-order valence-electron chi connectivity index (χ4n) is 3.74. The molecular weight excluding hydrogens is 572 g/mol. The highest BCUT2D eigenvalue weighted by molar-refractivity contribution is 9.10. The monoisotopic (exact) mass is 600 g/mol. The molecule has 2 aliphatic rings. The average Bonchev–Trinajstić information content (AvgIpc) is 3.32. The van der Waals surface area contributed by atoms with Crippen LogP contribution in [0.4, 0.5) is 0 Å². The number of amidine groups is 2. The number of para-hydroxylation sites is 2. The molecule has 38 heavy (non-hydrogen) atoms. The summed E-state index contributed by atoms with van der Waals surface area (Å²) < 4.78 is 23.6. The molecule has 0 saturated carbocycles. The summed E-state index contributed by atoms with van der Waals surface area (Å²) in [4.78, 5) is 17.0. The van der Waals surface area contributed by atoms with E-state index in [9.17, 15) is 4.79 Å². The van der Waals surface area contributed by atoms with Crippen molar-refractivity contribution in [3.05, 3.63) is 52.0 Å². The van der Waals surface area contributed by atoms with E-state index in [1.807, 2.05) is 31.2 Å². The Hall–Kier alpha value is -3.31. The van der Waals surface area contributed by atoms with Crippen molar-refractivity contribution in [1.82, 2.24) is 5.01 Å². The minimum atomic E-state index is -0.469. The third-order valence-corrected chi connectivity index (χ3v) is 7.10. The molecule has 0 aromatic heterocycles. The van der Waals surface area contributed by atoms with Crippen LogP contribution in [-0.2, 0) is 4.79 Å². The zero-order valence-electron chi connectivity index (χ0n) is 21.5. The van der Waals surface area contributed by atoms with E-state index in [0.717, 1.165) is 24.3 Å². The lowest BCUT2D eigenvalue weighted by atomic mass is 10.1. The molecule has 200 valence electrons.